The summed E-state index contributed by atoms with van der Waals surface area (Å²) < 4.78 is 1.85. The maximum atomic E-state index is 11.6. The van der Waals surface area contributed by atoms with Crippen LogP contribution in [0.5, 0.6) is 0 Å². The Morgan fingerprint density at radius 1 is 1.47 bits per heavy atom. The number of amides is 1. The zero-order valence-electron chi connectivity index (χ0n) is 11.2. The summed E-state index contributed by atoms with van der Waals surface area (Å²) in [5.41, 5.74) is -0.198. The van der Waals surface area contributed by atoms with Crippen molar-refractivity contribution in [1.82, 2.24) is 15.1 Å². The topological polar surface area (TPSA) is 59.0 Å². The van der Waals surface area contributed by atoms with Crippen LogP contribution >= 0.6 is 0 Å². The lowest BCUT2D eigenvalue weighted by Gasteiger charge is -2.20. The average Bonchev–Trinajstić information content (AvgIpc) is 2.60. The standard InChI is InChI=1S/C12H22N4O/c1-9(2)16-7-6-10(15-16)13-8-11(17)14-12(3,4)5/h6-7,9H,8H2,1-5H3,(H,13,15)(H,14,17). The van der Waals surface area contributed by atoms with Crippen molar-refractivity contribution in [2.45, 2.75) is 46.2 Å². The molecule has 1 amide bonds. The quantitative estimate of drug-likeness (QED) is 0.840. The molecule has 5 heteroatoms. The molecule has 0 spiro atoms. The molecule has 0 radical (unpaired) electrons. The number of nitrogens with one attached hydrogen (secondary N) is 2. The van der Waals surface area contributed by atoms with Crippen LogP contribution in [0.3, 0.4) is 0 Å². The number of carbonyl (C=O) groups is 1. The SMILES string of the molecule is CC(C)n1ccc(NCC(=O)NC(C)(C)C)n1. The minimum absolute atomic E-state index is 0.0309. The van der Waals surface area contributed by atoms with E-state index < -0.39 is 0 Å². The highest BCUT2D eigenvalue weighted by Crippen LogP contribution is 2.07. The summed E-state index contributed by atoms with van der Waals surface area (Å²) in [5, 5.41) is 10.2. The summed E-state index contributed by atoms with van der Waals surface area (Å²) in [6.45, 7) is 10.2. The monoisotopic (exact) mass is 238 g/mol. The van der Waals surface area contributed by atoms with Gasteiger partial charge in [-0.15, -0.1) is 0 Å². The van der Waals surface area contributed by atoms with Gasteiger partial charge in [0.2, 0.25) is 5.91 Å². The van der Waals surface area contributed by atoms with Crippen molar-refractivity contribution in [3.63, 3.8) is 0 Å². The Morgan fingerprint density at radius 2 is 2.12 bits per heavy atom. The highest BCUT2D eigenvalue weighted by molar-refractivity contribution is 5.80. The van der Waals surface area contributed by atoms with Crippen molar-refractivity contribution in [1.29, 1.82) is 0 Å². The van der Waals surface area contributed by atoms with Crippen LogP contribution in [0, 0.1) is 0 Å². The molecule has 1 heterocycles. The fraction of sp³-hybridized carbons (Fsp3) is 0.667. The number of rotatable bonds is 4. The molecule has 0 saturated heterocycles. The highest BCUT2D eigenvalue weighted by Gasteiger charge is 2.13. The van der Waals surface area contributed by atoms with E-state index in [1.54, 1.807) is 0 Å². The van der Waals surface area contributed by atoms with Crippen molar-refractivity contribution in [2.75, 3.05) is 11.9 Å². The summed E-state index contributed by atoms with van der Waals surface area (Å²) in [7, 11) is 0. The number of nitrogens with zero attached hydrogens (tertiary/aromatic N) is 2. The van der Waals surface area contributed by atoms with Crippen LogP contribution in [0.2, 0.25) is 0 Å². The van der Waals surface area contributed by atoms with Gasteiger partial charge in [-0.25, -0.2) is 0 Å². The second-order valence-electron chi connectivity index (χ2n) is 5.43. The van der Waals surface area contributed by atoms with Crippen LogP contribution in [-0.2, 0) is 4.79 Å². The molecule has 0 aliphatic carbocycles. The van der Waals surface area contributed by atoms with Gasteiger partial charge in [-0.2, -0.15) is 5.10 Å². The van der Waals surface area contributed by atoms with Crippen LogP contribution in [-0.4, -0.2) is 27.8 Å². The first-order chi connectivity index (χ1) is 7.78. The van der Waals surface area contributed by atoms with E-state index in [1.807, 2.05) is 37.7 Å². The Balaban J connectivity index is 2.42. The molecule has 5 nitrogen and oxygen atoms in total. The second-order valence-corrected chi connectivity index (χ2v) is 5.43. The normalized spacial score (nSPS) is 11.6. The molecule has 17 heavy (non-hydrogen) atoms. The molecule has 2 N–H and O–H groups in total. The van der Waals surface area contributed by atoms with E-state index in [4.69, 9.17) is 0 Å². The van der Waals surface area contributed by atoms with Gasteiger partial charge < -0.3 is 10.6 Å². The fourth-order valence-electron chi connectivity index (χ4n) is 1.35. The molecule has 0 bridgehead atoms. The maximum absolute atomic E-state index is 11.6. The lowest BCUT2D eigenvalue weighted by atomic mass is 10.1. The number of hydrogen-bond acceptors (Lipinski definition) is 3. The summed E-state index contributed by atoms with van der Waals surface area (Å²) in [4.78, 5) is 11.6. The minimum atomic E-state index is -0.198. The summed E-state index contributed by atoms with van der Waals surface area (Å²) in [5.74, 6) is 0.694. The van der Waals surface area contributed by atoms with Crippen LogP contribution in [0.4, 0.5) is 5.82 Å². The molecule has 0 aliphatic heterocycles. The summed E-state index contributed by atoms with van der Waals surface area (Å²) in [6.07, 6.45) is 1.90. The van der Waals surface area contributed by atoms with Crippen LogP contribution in [0.15, 0.2) is 12.3 Å². The van der Waals surface area contributed by atoms with E-state index in [2.05, 4.69) is 29.6 Å². The van der Waals surface area contributed by atoms with Crippen molar-refractivity contribution < 1.29 is 4.79 Å². The first-order valence-corrected chi connectivity index (χ1v) is 5.88. The van der Waals surface area contributed by atoms with E-state index in [1.165, 1.54) is 0 Å². The first kappa shape index (κ1) is 13.5. The van der Waals surface area contributed by atoms with Gasteiger partial charge >= 0.3 is 0 Å². The van der Waals surface area contributed by atoms with Gasteiger partial charge in [0.05, 0.1) is 6.54 Å². The van der Waals surface area contributed by atoms with Gasteiger partial charge in [0.25, 0.3) is 0 Å². The zero-order chi connectivity index (χ0) is 13.1. The molecule has 0 aliphatic rings. The third-order valence-corrected chi connectivity index (χ3v) is 2.08. The second kappa shape index (κ2) is 5.21. The van der Waals surface area contributed by atoms with Gasteiger partial charge in [0, 0.05) is 23.8 Å². The third kappa shape index (κ3) is 4.89. The fourth-order valence-corrected chi connectivity index (χ4v) is 1.35. The summed E-state index contributed by atoms with van der Waals surface area (Å²) >= 11 is 0. The van der Waals surface area contributed by atoms with Crippen LogP contribution in [0.25, 0.3) is 0 Å². The highest BCUT2D eigenvalue weighted by atomic mass is 16.2. The molecule has 0 unspecified atom stereocenters. The van der Waals surface area contributed by atoms with E-state index >= 15 is 0 Å². The molecular weight excluding hydrogens is 216 g/mol. The molecule has 0 aromatic carbocycles. The Bertz CT molecular complexity index is 376. The van der Waals surface area contributed by atoms with Gasteiger partial charge in [0.1, 0.15) is 5.82 Å². The zero-order valence-corrected chi connectivity index (χ0v) is 11.2. The van der Waals surface area contributed by atoms with Crippen LogP contribution < -0.4 is 10.6 Å². The number of hydrogen-bond donors (Lipinski definition) is 2. The molecule has 0 fully saturated rings. The smallest absolute Gasteiger partial charge is 0.239 e. The van der Waals surface area contributed by atoms with Gasteiger partial charge in [-0.3, -0.25) is 9.48 Å². The number of aromatic nitrogens is 2. The Morgan fingerprint density at radius 3 is 2.59 bits per heavy atom. The Labute approximate surface area is 103 Å². The molecule has 1 aromatic heterocycles. The third-order valence-electron chi connectivity index (χ3n) is 2.08. The van der Waals surface area contributed by atoms with Crippen molar-refractivity contribution in [3.8, 4) is 0 Å². The van der Waals surface area contributed by atoms with E-state index in [9.17, 15) is 4.79 Å². The molecule has 1 rings (SSSR count). The van der Waals surface area contributed by atoms with E-state index in [-0.39, 0.29) is 18.0 Å². The van der Waals surface area contributed by atoms with E-state index in [0.717, 1.165) is 5.82 Å². The van der Waals surface area contributed by atoms with Gasteiger partial charge in [0.15, 0.2) is 0 Å². The van der Waals surface area contributed by atoms with Crippen molar-refractivity contribution in [2.24, 2.45) is 0 Å². The lowest BCUT2D eigenvalue weighted by Crippen LogP contribution is -2.43. The maximum Gasteiger partial charge on any atom is 0.239 e. The first-order valence-electron chi connectivity index (χ1n) is 5.88. The molecule has 0 atom stereocenters. The van der Waals surface area contributed by atoms with Crippen molar-refractivity contribution >= 4 is 11.7 Å². The average molecular weight is 238 g/mol. The number of carbonyl (C=O) groups excluding carboxylic acids is 1. The minimum Gasteiger partial charge on any atom is -0.360 e. The number of anilines is 1. The van der Waals surface area contributed by atoms with Crippen LogP contribution in [0.1, 0.15) is 40.7 Å². The predicted molar refractivity (Wildman–Crippen MR) is 69.0 cm³/mol. The predicted octanol–water partition coefficient (Wildman–Crippen LogP) is 1.79. The molecular formula is C12H22N4O. The Hall–Kier alpha value is -1.52. The van der Waals surface area contributed by atoms with Gasteiger partial charge in [-0.1, -0.05) is 0 Å². The molecule has 0 saturated carbocycles. The largest absolute Gasteiger partial charge is 0.360 e. The van der Waals surface area contributed by atoms with Crippen molar-refractivity contribution in [3.05, 3.63) is 12.3 Å². The lowest BCUT2D eigenvalue weighted by molar-refractivity contribution is -0.120. The molecule has 1 aromatic rings. The van der Waals surface area contributed by atoms with E-state index in [0.29, 0.717) is 6.04 Å². The molecule has 96 valence electrons. The Kier molecular flexibility index (Phi) is 4.15. The summed E-state index contributed by atoms with van der Waals surface area (Å²) in [6, 6.07) is 2.19. The van der Waals surface area contributed by atoms with Gasteiger partial charge in [-0.05, 0) is 34.6 Å².